The summed E-state index contributed by atoms with van der Waals surface area (Å²) in [5.74, 6) is 0. The van der Waals surface area contributed by atoms with Crippen LogP contribution in [0.25, 0.3) is 0 Å². The van der Waals surface area contributed by atoms with E-state index in [2.05, 4.69) is 39.3 Å². The van der Waals surface area contributed by atoms with E-state index in [1.54, 1.807) is 0 Å². The molecule has 0 N–H and O–H groups in total. The molecule has 0 atom stereocenters. The summed E-state index contributed by atoms with van der Waals surface area (Å²) in [6, 6.07) is 0. The molecule has 0 bridgehead atoms. The van der Waals surface area contributed by atoms with Crippen LogP contribution < -0.4 is 0 Å². The Labute approximate surface area is 113 Å². The maximum absolute atomic E-state index is 5.97. The van der Waals surface area contributed by atoms with E-state index in [9.17, 15) is 0 Å². The van der Waals surface area contributed by atoms with Crippen LogP contribution in [0.3, 0.4) is 0 Å². The third-order valence-electron chi connectivity index (χ3n) is 1.51. The number of hydrogen-bond acceptors (Lipinski definition) is 1. The van der Waals surface area contributed by atoms with Crippen LogP contribution in [0.1, 0.15) is 0 Å². The molecule has 0 aromatic heterocycles. The standard InChI is InChI=1S/C8H18OSi2.2Pt/c1-7-10(3,4)9-11(5,6)8-2;;/h7-8H,1-2H2,3-6H3;;. The van der Waals surface area contributed by atoms with Crippen LogP contribution in [0, 0.1) is 0 Å². The zero-order valence-corrected chi connectivity index (χ0v) is 15.2. The Morgan fingerprint density at radius 3 is 1.23 bits per heavy atom. The van der Waals surface area contributed by atoms with E-state index < -0.39 is 16.6 Å². The van der Waals surface area contributed by atoms with Crippen molar-refractivity contribution in [3.8, 4) is 0 Å². The third-order valence-corrected chi connectivity index (χ3v) is 7.68. The summed E-state index contributed by atoms with van der Waals surface area (Å²) in [6.07, 6.45) is 0. The summed E-state index contributed by atoms with van der Waals surface area (Å²) in [4.78, 5) is 0. The van der Waals surface area contributed by atoms with Crippen LogP contribution in [0.2, 0.25) is 26.2 Å². The molecule has 0 saturated carbocycles. The van der Waals surface area contributed by atoms with Crippen LogP contribution in [0.5, 0.6) is 0 Å². The van der Waals surface area contributed by atoms with E-state index >= 15 is 0 Å². The van der Waals surface area contributed by atoms with Gasteiger partial charge in [0.2, 0.25) is 0 Å². The second-order valence-electron chi connectivity index (χ2n) is 3.72. The molecule has 0 fully saturated rings. The molecule has 0 aliphatic rings. The minimum Gasteiger partial charge on any atom is -0.449 e. The van der Waals surface area contributed by atoms with Gasteiger partial charge in [-0.3, -0.25) is 0 Å². The Morgan fingerprint density at radius 1 is 0.846 bits per heavy atom. The summed E-state index contributed by atoms with van der Waals surface area (Å²) in [5, 5.41) is 0. The van der Waals surface area contributed by atoms with Gasteiger partial charge in [-0.15, -0.1) is 13.2 Å². The van der Waals surface area contributed by atoms with Crippen molar-refractivity contribution in [3.05, 3.63) is 24.6 Å². The molecule has 5 heteroatoms. The van der Waals surface area contributed by atoms with E-state index in [1.807, 2.05) is 11.4 Å². The van der Waals surface area contributed by atoms with Gasteiger partial charge in [0, 0.05) is 42.1 Å². The summed E-state index contributed by atoms with van der Waals surface area (Å²) < 4.78 is 5.97. The van der Waals surface area contributed by atoms with Crippen molar-refractivity contribution in [2.45, 2.75) is 26.2 Å². The predicted octanol–water partition coefficient (Wildman–Crippen LogP) is 2.86. The second kappa shape index (κ2) is 7.53. The molecule has 0 aromatic carbocycles. The molecule has 0 radical (unpaired) electrons. The first-order valence-electron chi connectivity index (χ1n) is 3.80. The maximum atomic E-state index is 5.97. The molecule has 0 rings (SSSR count). The largest absolute Gasteiger partial charge is 0.449 e. The maximum Gasteiger partial charge on any atom is 0.198 e. The van der Waals surface area contributed by atoms with Gasteiger partial charge in [-0.1, -0.05) is 11.4 Å². The van der Waals surface area contributed by atoms with Gasteiger partial charge in [-0.25, -0.2) is 0 Å². The topological polar surface area (TPSA) is 9.23 Å². The Morgan fingerprint density at radius 2 is 1.08 bits per heavy atom. The normalized spacial score (nSPS) is 10.8. The first-order chi connectivity index (χ1) is 4.83. The van der Waals surface area contributed by atoms with Crippen LogP contribution in [0.15, 0.2) is 24.6 Å². The van der Waals surface area contributed by atoms with E-state index in [4.69, 9.17) is 4.12 Å². The molecule has 0 spiro atoms. The molecule has 0 unspecified atom stereocenters. The van der Waals surface area contributed by atoms with E-state index in [1.165, 1.54) is 0 Å². The average Bonchev–Trinajstić information content (AvgIpc) is 1.86. The first-order valence-corrected chi connectivity index (χ1v) is 9.77. The smallest absolute Gasteiger partial charge is 0.198 e. The van der Waals surface area contributed by atoms with Crippen molar-refractivity contribution in [2.75, 3.05) is 0 Å². The Bertz CT molecular complexity index is 152. The van der Waals surface area contributed by atoms with Gasteiger partial charge in [0.05, 0.1) is 0 Å². The summed E-state index contributed by atoms with van der Waals surface area (Å²) in [5.41, 5.74) is 3.93. The molecule has 0 aliphatic carbocycles. The summed E-state index contributed by atoms with van der Waals surface area (Å²) >= 11 is 0. The fourth-order valence-electron chi connectivity index (χ4n) is 0.761. The van der Waals surface area contributed by atoms with Gasteiger partial charge in [0.1, 0.15) is 0 Å². The van der Waals surface area contributed by atoms with E-state index in [0.29, 0.717) is 0 Å². The quantitative estimate of drug-likeness (QED) is 0.468. The van der Waals surface area contributed by atoms with Gasteiger partial charge >= 0.3 is 0 Å². The second-order valence-corrected chi connectivity index (χ2v) is 11.8. The van der Waals surface area contributed by atoms with E-state index in [-0.39, 0.29) is 42.1 Å². The minimum atomic E-state index is -1.58. The van der Waals surface area contributed by atoms with Crippen molar-refractivity contribution in [2.24, 2.45) is 0 Å². The van der Waals surface area contributed by atoms with Crippen LogP contribution in [-0.4, -0.2) is 16.6 Å². The molecule has 0 saturated heterocycles. The van der Waals surface area contributed by atoms with Gasteiger partial charge in [0.25, 0.3) is 0 Å². The van der Waals surface area contributed by atoms with Crippen LogP contribution in [0.4, 0.5) is 0 Å². The van der Waals surface area contributed by atoms with Crippen molar-refractivity contribution < 1.29 is 46.2 Å². The molecule has 1 nitrogen and oxygen atoms in total. The minimum absolute atomic E-state index is 0. The third kappa shape index (κ3) is 9.55. The molecule has 84 valence electrons. The van der Waals surface area contributed by atoms with Gasteiger partial charge < -0.3 is 4.12 Å². The summed E-state index contributed by atoms with van der Waals surface area (Å²) in [6.45, 7) is 16.2. The zero-order chi connectivity index (χ0) is 9.12. The Kier molecular flexibility index (Phi) is 11.5. The first kappa shape index (κ1) is 19.8. The van der Waals surface area contributed by atoms with Crippen molar-refractivity contribution in [1.82, 2.24) is 0 Å². The molecule has 0 aromatic rings. The van der Waals surface area contributed by atoms with Gasteiger partial charge in [0.15, 0.2) is 16.6 Å². The Balaban J connectivity index is -0.000000500. The number of hydrogen-bond donors (Lipinski definition) is 0. The van der Waals surface area contributed by atoms with Crippen LogP contribution in [-0.2, 0) is 46.2 Å². The monoisotopic (exact) mass is 576 g/mol. The molecule has 0 amide bonds. The fourth-order valence-corrected chi connectivity index (χ4v) is 6.85. The SMILES string of the molecule is C=C[Si](C)(C)O[Si](C)(C)C=C.[Pt].[Pt]. The predicted molar refractivity (Wildman–Crippen MR) is 56.4 cm³/mol. The van der Waals surface area contributed by atoms with Crippen molar-refractivity contribution >= 4 is 16.6 Å². The summed E-state index contributed by atoms with van der Waals surface area (Å²) in [7, 11) is -3.16. The molecule has 0 heterocycles. The molecular weight excluding hydrogens is 558 g/mol. The van der Waals surface area contributed by atoms with Crippen molar-refractivity contribution in [1.29, 1.82) is 0 Å². The van der Waals surface area contributed by atoms with E-state index in [0.717, 1.165) is 0 Å². The van der Waals surface area contributed by atoms with Gasteiger partial charge in [-0.2, -0.15) is 0 Å². The van der Waals surface area contributed by atoms with Crippen molar-refractivity contribution in [3.63, 3.8) is 0 Å². The number of rotatable bonds is 4. The zero-order valence-electron chi connectivity index (χ0n) is 8.61. The fraction of sp³-hybridized carbons (Fsp3) is 0.500. The Hall–Kier alpha value is 1.25. The average molecular weight is 577 g/mol. The molecule has 0 aliphatic heterocycles. The molecular formula is C8H18OPt2Si2. The molecule has 13 heavy (non-hydrogen) atoms. The van der Waals surface area contributed by atoms with Gasteiger partial charge in [-0.05, 0) is 26.2 Å². The van der Waals surface area contributed by atoms with Crippen LogP contribution >= 0.6 is 0 Å².